The van der Waals surface area contributed by atoms with Gasteiger partial charge in [-0.05, 0) is 133 Å². The topological polar surface area (TPSA) is 464 Å². The highest BCUT2D eigenvalue weighted by Crippen LogP contribution is 2.46. The molecule has 0 spiro atoms. The van der Waals surface area contributed by atoms with Gasteiger partial charge in [-0.25, -0.2) is 0 Å². The third-order valence-corrected chi connectivity index (χ3v) is 17.6. The molecule has 0 saturated heterocycles. The first-order valence-corrected chi connectivity index (χ1v) is 31.6. The van der Waals surface area contributed by atoms with Crippen molar-refractivity contribution in [3.63, 3.8) is 0 Å². The predicted octanol–water partition coefficient (Wildman–Crippen LogP) is 13.4. The van der Waals surface area contributed by atoms with Crippen LogP contribution < -0.4 is 5.32 Å². The fraction of sp³-hybridized carbons (Fsp3) is 0.0370. The number of rotatable bonds is 15. The molecule has 0 saturated carbocycles. The molecule has 87 heavy (non-hydrogen) atoms. The van der Waals surface area contributed by atoms with Gasteiger partial charge in [0.25, 0.3) is 50.6 Å². The van der Waals surface area contributed by atoms with E-state index in [0.717, 1.165) is 60.7 Å². The van der Waals surface area contributed by atoms with E-state index in [0.29, 0.717) is 27.7 Å². The van der Waals surface area contributed by atoms with Crippen molar-refractivity contribution >= 4 is 151 Å². The minimum absolute atomic E-state index is 0.00434. The molecule has 0 atom stereocenters. The summed E-state index contributed by atoms with van der Waals surface area (Å²) in [6, 6.07) is 29.0. The molecule has 10 N–H and O–H groups in total. The first-order chi connectivity index (χ1) is 40.7. The lowest BCUT2D eigenvalue weighted by Crippen LogP contribution is -2.03. The van der Waals surface area contributed by atoms with E-state index in [1.807, 2.05) is 0 Å². The molecule has 0 fully saturated rings. The van der Waals surface area contributed by atoms with Gasteiger partial charge in [-0.15, -0.1) is 20.5 Å². The molecule has 33 heteroatoms. The molecule has 28 nitrogen and oxygen atoms in total. The summed E-state index contributed by atoms with van der Waals surface area (Å²) >= 11 is 0. The SMILES string of the molecule is Cc1cc(N=Nc2ccc3cc(Nc4ccc5c(O)c(N=Nc6cc(C)c(N=Nc7cc(S(=O)(=O)O)c8cccc(S(=O)(=O)O)c8c7)cc6O)c(S(=O)(=O)O)cc5c4)ccc3c2O)c(O)cc1N=Nc1cc(S(=O)(=O)O)c2cccc(S(=O)(=O)O)c2c1. The van der Waals surface area contributed by atoms with Gasteiger partial charge >= 0.3 is 0 Å². The van der Waals surface area contributed by atoms with Gasteiger partial charge in [-0.3, -0.25) is 22.8 Å². The summed E-state index contributed by atoms with van der Waals surface area (Å²) in [6.07, 6.45) is 0. The number of anilines is 2. The Kier molecular flexibility index (Phi) is 15.4. The van der Waals surface area contributed by atoms with Crippen LogP contribution in [0.25, 0.3) is 43.1 Å². The average molecular weight is 1280 g/mol. The summed E-state index contributed by atoms with van der Waals surface area (Å²) in [4.78, 5) is -3.65. The minimum atomic E-state index is -5.12. The summed E-state index contributed by atoms with van der Waals surface area (Å²) in [5, 5.41) is 79.6. The Morgan fingerprint density at radius 1 is 0.322 bits per heavy atom. The zero-order valence-electron chi connectivity index (χ0n) is 44.0. The normalized spacial score (nSPS) is 13.0. The summed E-state index contributed by atoms with van der Waals surface area (Å²) in [5.41, 5.74) is -0.136. The highest BCUT2D eigenvalue weighted by Gasteiger charge is 2.26. The number of nitrogens with one attached hydrogen (secondary N) is 1. The lowest BCUT2D eigenvalue weighted by molar-refractivity contribution is 0.471. The van der Waals surface area contributed by atoms with Crippen molar-refractivity contribution in [1.82, 2.24) is 0 Å². The lowest BCUT2D eigenvalue weighted by Gasteiger charge is -2.12. The highest BCUT2D eigenvalue weighted by molar-refractivity contribution is 7.87. The van der Waals surface area contributed by atoms with Gasteiger partial charge in [0.2, 0.25) is 0 Å². The zero-order chi connectivity index (χ0) is 62.9. The zero-order valence-corrected chi connectivity index (χ0v) is 48.1. The van der Waals surface area contributed by atoms with Crippen LogP contribution >= 0.6 is 0 Å². The number of aromatic hydroxyl groups is 4. The molecule has 0 radical (unpaired) electrons. The number of fused-ring (bicyclic) bond motifs is 4. The monoisotopic (exact) mass is 1280 g/mol. The second-order valence-electron chi connectivity index (χ2n) is 19.0. The Bertz CT molecular complexity index is 5380. The molecule has 0 amide bonds. The summed E-state index contributed by atoms with van der Waals surface area (Å²) in [5.74, 6) is -2.08. The quantitative estimate of drug-likeness (QED) is 0.0337. The number of hydrogen-bond donors (Lipinski definition) is 10. The highest BCUT2D eigenvalue weighted by atomic mass is 32.2. The molecule has 0 bridgehead atoms. The molecule has 444 valence electrons. The van der Waals surface area contributed by atoms with Crippen LogP contribution in [0.4, 0.5) is 56.9 Å². The van der Waals surface area contributed by atoms with Crippen LogP contribution in [0, 0.1) is 13.8 Å². The molecule has 0 aliphatic rings. The van der Waals surface area contributed by atoms with E-state index in [4.69, 9.17) is 0 Å². The van der Waals surface area contributed by atoms with Crippen LogP contribution in [0.3, 0.4) is 0 Å². The third kappa shape index (κ3) is 12.5. The maximum atomic E-state index is 12.8. The Morgan fingerprint density at radius 3 is 1.20 bits per heavy atom. The van der Waals surface area contributed by atoms with Crippen LogP contribution in [0.15, 0.2) is 205 Å². The van der Waals surface area contributed by atoms with Crippen molar-refractivity contribution in [2.75, 3.05) is 5.32 Å². The third-order valence-electron chi connectivity index (χ3n) is 13.2. The number of benzene rings is 10. The van der Waals surface area contributed by atoms with Gasteiger partial charge in [0.05, 0.1) is 22.7 Å². The molecule has 0 heterocycles. The van der Waals surface area contributed by atoms with Crippen molar-refractivity contribution in [1.29, 1.82) is 0 Å². The number of phenolic OH excluding ortho intramolecular Hbond substituents is 4. The second kappa shape index (κ2) is 22.2. The molecule has 10 aromatic carbocycles. The standard InChI is InChI=1S/C54H39N9O19S5/c1-26-15-43(45(64)24-41(26)59-56-32-20-38-36(49(22-32)85(74,75)76)5-3-7-47(38)83(68,69)70)61-58-40-14-9-28-17-30(10-12-34(28)53(40)66)55-31-11-13-35-29(18-31)19-51(87(80,81)82)52(54(35)67)63-62-44-16-27(2)42(25-46(44)65)60-57-33-21-39-37(50(23-33)86(77,78)79)6-4-8-48(39)84(71,72)73/h3-25,55,64-67H,1-2H3,(H,68,69,70)(H,71,72,73)(H,74,75,76)(H,77,78,79)(H,80,81,82). The van der Waals surface area contributed by atoms with Crippen LogP contribution in [0.5, 0.6) is 23.0 Å². The van der Waals surface area contributed by atoms with Crippen molar-refractivity contribution in [2.24, 2.45) is 40.9 Å². The number of phenols is 4. The first-order valence-electron chi connectivity index (χ1n) is 24.4. The fourth-order valence-electron chi connectivity index (χ4n) is 9.11. The van der Waals surface area contributed by atoms with E-state index in [2.05, 4.69) is 46.2 Å². The Hall–Kier alpha value is -9.81. The van der Waals surface area contributed by atoms with Gasteiger partial charge in [0.1, 0.15) is 58.7 Å². The molecular weight excluding hydrogens is 1240 g/mol. The van der Waals surface area contributed by atoms with Crippen molar-refractivity contribution in [2.45, 2.75) is 38.3 Å². The summed E-state index contributed by atoms with van der Waals surface area (Å²) in [7, 11) is -24.8. The Balaban J connectivity index is 0.862. The number of aryl methyl sites for hydroxylation is 2. The first kappa shape index (κ1) is 60.3. The van der Waals surface area contributed by atoms with Gasteiger partial charge in [-0.2, -0.15) is 62.5 Å². The largest absolute Gasteiger partial charge is 0.506 e. The van der Waals surface area contributed by atoms with E-state index in [1.54, 1.807) is 31.2 Å². The van der Waals surface area contributed by atoms with Gasteiger partial charge < -0.3 is 25.7 Å². The average Bonchev–Trinajstić information content (AvgIpc) is 0.944. The summed E-state index contributed by atoms with van der Waals surface area (Å²) < 4.78 is 172. The Labute approximate surface area is 491 Å². The van der Waals surface area contributed by atoms with Crippen LogP contribution in [0.1, 0.15) is 11.1 Å². The van der Waals surface area contributed by atoms with Gasteiger partial charge in [-0.1, -0.05) is 30.3 Å². The molecular formula is C54H39N9O19S5. The van der Waals surface area contributed by atoms with E-state index < -0.39 is 98.0 Å². The predicted molar refractivity (Wildman–Crippen MR) is 314 cm³/mol. The number of nitrogens with zero attached hydrogens (tertiary/aromatic N) is 8. The van der Waals surface area contributed by atoms with Crippen molar-refractivity contribution in [3.05, 3.63) is 151 Å². The lowest BCUT2D eigenvalue weighted by atomic mass is 10.1. The molecule has 10 rings (SSSR count). The van der Waals surface area contributed by atoms with E-state index >= 15 is 0 Å². The van der Waals surface area contributed by atoms with Gasteiger partial charge in [0, 0.05) is 55.8 Å². The molecule has 10 aromatic rings. The molecule has 0 aromatic heterocycles. The van der Waals surface area contributed by atoms with Crippen molar-refractivity contribution < 1.29 is 85.3 Å². The van der Waals surface area contributed by atoms with E-state index in [-0.39, 0.29) is 83.4 Å². The minimum Gasteiger partial charge on any atom is -0.506 e. The number of azo groups is 4. The van der Waals surface area contributed by atoms with E-state index in [9.17, 15) is 85.3 Å². The Morgan fingerprint density at radius 2 is 0.736 bits per heavy atom. The number of hydrogen-bond acceptors (Lipinski definition) is 23. The molecule has 0 unspecified atom stereocenters. The van der Waals surface area contributed by atoms with Crippen molar-refractivity contribution in [3.8, 4) is 23.0 Å². The van der Waals surface area contributed by atoms with Crippen LogP contribution in [-0.4, -0.2) is 85.3 Å². The van der Waals surface area contributed by atoms with E-state index in [1.165, 1.54) is 61.5 Å². The maximum absolute atomic E-state index is 12.8. The summed E-state index contributed by atoms with van der Waals surface area (Å²) in [6.45, 7) is 3.05. The van der Waals surface area contributed by atoms with Crippen LogP contribution in [0.2, 0.25) is 0 Å². The fourth-order valence-corrected chi connectivity index (χ4v) is 12.6. The van der Waals surface area contributed by atoms with Gasteiger partial charge in [0.15, 0.2) is 11.5 Å². The molecule has 0 aliphatic heterocycles. The smallest absolute Gasteiger partial charge is 0.296 e. The maximum Gasteiger partial charge on any atom is 0.296 e. The van der Waals surface area contributed by atoms with Crippen LogP contribution in [-0.2, 0) is 50.6 Å². The molecule has 0 aliphatic carbocycles. The second-order valence-corrected chi connectivity index (χ2v) is 26.0.